The zero-order valence-electron chi connectivity index (χ0n) is 11.8. The molecule has 0 aliphatic rings. The minimum Gasteiger partial charge on any atom is -0.497 e. The Balaban J connectivity index is 2.69. The fourth-order valence-corrected chi connectivity index (χ4v) is 1.75. The van der Waals surface area contributed by atoms with E-state index in [2.05, 4.69) is 5.32 Å². The van der Waals surface area contributed by atoms with Gasteiger partial charge < -0.3 is 20.7 Å². The number of benzene rings is 1. The number of carbonyl (C=O) groups excluding carboxylic acids is 1. The topological polar surface area (TPSA) is 67.6 Å². The van der Waals surface area contributed by atoms with E-state index in [0.29, 0.717) is 13.1 Å². The van der Waals surface area contributed by atoms with Crippen LogP contribution in [-0.2, 0) is 0 Å². The van der Waals surface area contributed by atoms with Crippen molar-refractivity contribution in [1.82, 2.24) is 4.90 Å². The Kier molecular flexibility index (Phi) is 6.15. The van der Waals surface area contributed by atoms with Crippen LogP contribution in [0.25, 0.3) is 0 Å². The Morgan fingerprint density at radius 3 is 2.79 bits per heavy atom. The van der Waals surface area contributed by atoms with Crippen molar-refractivity contribution in [2.45, 2.75) is 26.3 Å². The van der Waals surface area contributed by atoms with Crippen LogP contribution >= 0.6 is 0 Å². The second-order valence-corrected chi connectivity index (χ2v) is 4.59. The number of methoxy groups -OCH3 is 1. The molecule has 3 N–H and O–H groups in total. The van der Waals surface area contributed by atoms with E-state index in [1.54, 1.807) is 18.1 Å². The third-order valence-corrected chi connectivity index (χ3v) is 2.81. The molecule has 0 saturated carbocycles. The van der Waals surface area contributed by atoms with Crippen LogP contribution in [0.4, 0.5) is 10.5 Å². The number of nitrogens with zero attached hydrogens (tertiary/aromatic N) is 1. The van der Waals surface area contributed by atoms with Gasteiger partial charge in [0.1, 0.15) is 5.75 Å². The third-order valence-electron chi connectivity index (χ3n) is 2.81. The molecule has 1 rings (SSSR count). The number of nitrogens with one attached hydrogen (secondary N) is 1. The fourth-order valence-electron chi connectivity index (χ4n) is 1.75. The highest BCUT2D eigenvalue weighted by Crippen LogP contribution is 2.17. The molecule has 0 radical (unpaired) electrons. The van der Waals surface area contributed by atoms with Crippen LogP contribution in [0.15, 0.2) is 24.3 Å². The summed E-state index contributed by atoms with van der Waals surface area (Å²) in [5.74, 6) is 0.718. The molecule has 1 aromatic carbocycles. The van der Waals surface area contributed by atoms with Crippen molar-refractivity contribution in [2.24, 2.45) is 5.73 Å². The Hall–Kier alpha value is -1.75. The molecule has 0 spiro atoms. The first-order chi connectivity index (χ1) is 9.08. The molecule has 0 aliphatic heterocycles. The van der Waals surface area contributed by atoms with Crippen molar-refractivity contribution in [2.75, 3.05) is 25.5 Å². The molecule has 2 amide bonds. The Morgan fingerprint density at radius 2 is 2.21 bits per heavy atom. The molecule has 0 atom stereocenters. The van der Waals surface area contributed by atoms with Gasteiger partial charge in [-0.25, -0.2) is 4.79 Å². The van der Waals surface area contributed by atoms with Gasteiger partial charge in [0.15, 0.2) is 0 Å². The highest BCUT2D eigenvalue weighted by Gasteiger charge is 2.16. The van der Waals surface area contributed by atoms with Gasteiger partial charge in [-0.3, -0.25) is 0 Å². The van der Waals surface area contributed by atoms with E-state index in [-0.39, 0.29) is 12.1 Å². The average Bonchev–Trinajstić information content (AvgIpc) is 2.39. The summed E-state index contributed by atoms with van der Waals surface area (Å²) in [7, 11) is 1.60. The second-order valence-electron chi connectivity index (χ2n) is 4.59. The first kappa shape index (κ1) is 15.3. The molecule has 0 fully saturated rings. The predicted molar refractivity (Wildman–Crippen MR) is 77.5 cm³/mol. The maximum atomic E-state index is 12.2. The van der Waals surface area contributed by atoms with Gasteiger partial charge in [0.05, 0.1) is 7.11 Å². The molecule has 5 nitrogen and oxygen atoms in total. The molecule has 0 unspecified atom stereocenters. The molecular formula is C14H23N3O2. The lowest BCUT2D eigenvalue weighted by molar-refractivity contribution is 0.196. The number of rotatable bonds is 6. The Bertz CT molecular complexity index is 407. The SMILES string of the molecule is COc1cccc(NC(=O)N(CCCN)C(C)C)c1. The van der Waals surface area contributed by atoms with Gasteiger partial charge >= 0.3 is 6.03 Å². The van der Waals surface area contributed by atoms with Crippen molar-refractivity contribution in [1.29, 1.82) is 0 Å². The number of amides is 2. The Labute approximate surface area is 114 Å². The lowest BCUT2D eigenvalue weighted by atomic mass is 10.3. The van der Waals surface area contributed by atoms with E-state index in [1.807, 2.05) is 32.0 Å². The Morgan fingerprint density at radius 1 is 1.47 bits per heavy atom. The molecule has 0 aliphatic carbocycles. The highest BCUT2D eigenvalue weighted by molar-refractivity contribution is 5.89. The maximum Gasteiger partial charge on any atom is 0.322 e. The summed E-state index contributed by atoms with van der Waals surface area (Å²) in [6.45, 7) is 5.21. The van der Waals surface area contributed by atoms with Gasteiger partial charge in [0, 0.05) is 24.3 Å². The van der Waals surface area contributed by atoms with Crippen molar-refractivity contribution in [3.05, 3.63) is 24.3 Å². The van der Waals surface area contributed by atoms with E-state index in [9.17, 15) is 4.79 Å². The first-order valence-electron chi connectivity index (χ1n) is 6.50. The summed E-state index contributed by atoms with van der Waals surface area (Å²) in [6.07, 6.45) is 0.795. The van der Waals surface area contributed by atoms with Gasteiger partial charge in [-0.2, -0.15) is 0 Å². The van der Waals surface area contributed by atoms with E-state index < -0.39 is 0 Å². The fraction of sp³-hybridized carbons (Fsp3) is 0.500. The lowest BCUT2D eigenvalue weighted by Gasteiger charge is -2.26. The maximum absolute atomic E-state index is 12.2. The minimum atomic E-state index is -0.114. The lowest BCUT2D eigenvalue weighted by Crippen LogP contribution is -2.41. The monoisotopic (exact) mass is 265 g/mol. The average molecular weight is 265 g/mol. The number of ether oxygens (including phenoxy) is 1. The number of carbonyl (C=O) groups is 1. The minimum absolute atomic E-state index is 0.114. The molecule has 0 bridgehead atoms. The summed E-state index contributed by atoms with van der Waals surface area (Å²) in [5.41, 5.74) is 6.22. The quantitative estimate of drug-likeness (QED) is 0.829. The normalized spacial score (nSPS) is 10.4. The summed E-state index contributed by atoms with van der Waals surface area (Å²) >= 11 is 0. The summed E-state index contributed by atoms with van der Waals surface area (Å²) < 4.78 is 5.13. The molecular weight excluding hydrogens is 242 g/mol. The van der Waals surface area contributed by atoms with Crippen LogP contribution in [0.2, 0.25) is 0 Å². The van der Waals surface area contributed by atoms with Gasteiger partial charge in [0.25, 0.3) is 0 Å². The number of nitrogens with two attached hydrogens (primary N) is 1. The van der Waals surface area contributed by atoms with Gasteiger partial charge in [-0.1, -0.05) is 6.07 Å². The molecule has 106 valence electrons. The third kappa shape index (κ3) is 4.79. The van der Waals surface area contributed by atoms with E-state index in [4.69, 9.17) is 10.5 Å². The van der Waals surface area contributed by atoms with Crippen molar-refractivity contribution in [3.8, 4) is 5.75 Å². The molecule has 0 aromatic heterocycles. The molecule has 1 aromatic rings. The number of anilines is 1. The second kappa shape index (κ2) is 7.63. The van der Waals surface area contributed by atoms with Crippen LogP contribution in [0.3, 0.4) is 0 Å². The van der Waals surface area contributed by atoms with Gasteiger partial charge in [-0.15, -0.1) is 0 Å². The predicted octanol–water partition coefficient (Wildman–Crippen LogP) is 2.29. The zero-order valence-corrected chi connectivity index (χ0v) is 11.8. The first-order valence-corrected chi connectivity index (χ1v) is 6.50. The van der Waals surface area contributed by atoms with Gasteiger partial charge in [-0.05, 0) is 38.9 Å². The number of urea groups is 1. The number of hydrogen-bond donors (Lipinski definition) is 2. The molecule has 19 heavy (non-hydrogen) atoms. The summed E-state index contributed by atoms with van der Waals surface area (Å²) in [6, 6.07) is 7.33. The van der Waals surface area contributed by atoms with Crippen LogP contribution in [0.1, 0.15) is 20.3 Å². The molecule has 0 saturated heterocycles. The van der Waals surface area contributed by atoms with E-state index in [1.165, 1.54) is 0 Å². The van der Waals surface area contributed by atoms with Crippen LogP contribution < -0.4 is 15.8 Å². The smallest absolute Gasteiger partial charge is 0.322 e. The van der Waals surface area contributed by atoms with Gasteiger partial charge in [0.2, 0.25) is 0 Å². The van der Waals surface area contributed by atoms with Crippen LogP contribution in [0.5, 0.6) is 5.75 Å². The summed E-state index contributed by atoms with van der Waals surface area (Å²) in [4.78, 5) is 14.0. The van der Waals surface area contributed by atoms with Crippen molar-refractivity contribution < 1.29 is 9.53 Å². The summed E-state index contributed by atoms with van der Waals surface area (Å²) in [5, 5.41) is 2.87. The molecule has 0 heterocycles. The van der Waals surface area contributed by atoms with E-state index in [0.717, 1.165) is 17.9 Å². The van der Waals surface area contributed by atoms with Crippen LogP contribution in [0, 0.1) is 0 Å². The number of hydrogen-bond acceptors (Lipinski definition) is 3. The standard InChI is InChI=1S/C14H23N3O2/c1-11(2)17(9-5-8-15)14(18)16-12-6-4-7-13(10-12)19-3/h4,6-7,10-11H,5,8-9,15H2,1-3H3,(H,16,18). The van der Waals surface area contributed by atoms with E-state index >= 15 is 0 Å². The van der Waals surface area contributed by atoms with Crippen LogP contribution in [-0.4, -0.2) is 37.2 Å². The van der Waals surface area contributed by atoms with Crippen molar-refractivity contribution in [3.63, 3.8) is 0 Å². The van der Waals surface area contributed by atoms with Crippen molar-refractivity contribution >= 4 is 11.7 Å². The molecule has 5 heteroatoms. The highest BCUT2D eigenvalue weighted by atomic mass is 16.5. The zero-order chi connectivity index (χ0) is 14.3. The largest absolute Gasteiger partial charge is 0.497 e.